The van der Waals surface area contributed by atoms with E-state index in [4.69, 9.17) is 4.74 Å². The van der Waals surface area contributed by atoms with E-state index in [-0.39, 0.29) is 11.7 Å². The molecular weight excluding hydrogens is 195 g/mol. The predicted molar refractivity (Wildman–Crippen MR) is 55.3 cm³/mol. The van der Waals surface area contributed by atoms with Crippen molar-refractivity contribution in [3.8, 4) is 5.75 Å². The zero-order valence-electron chi connectivity index (χ0n) is 8.74. The molecule has 1 fully saturated rings. The van der Waals surface area contributed by atoms with E-state index in [0.29, 0.717) is 11.3 Å². The number of ether oxygens (including phenoxy) is 1. The molecule has 0 aliphatic heterocycles. The normalized spacial score (nSPS) is 18.3. The maximum atomic E-state index is 13.6. The lowest BCUT2D eigenvalue weighted by atomic mass is 9.79. The highest BCUT2D eigenvalue weighted by molar-refractivity contribution is 5.30. The first-order valence-electron chi connectivity index (χ1n) is 5.24. The molecule has 2 nitrogen and oxygen atoms in total. The SMILES string of the molecule is COc1ccc(C(O)C2CCC2)c(F)c1. The minimum Gasteiger partial charge on any atom is -0.497 e. The Kier molecular flexibility index (Phi) is 2.91. The second kappa shape index (κ2) is 4.19. The summed E-state index contributed by atoms with van der Waals surface area (Å²) in [7, 11) is 1.50. The highest BCUT2D eigenvalue weighted by Crippen LogP contribution is 2.38. The van der Waals surface area contributed by atoms with Gasteiger partial charge in [-0.1, -0.05) is 6.42 Å². The van der Waals surface area contributed by atoms with Crippen LogP contribution in [0.15, 0.2) is 18.2 Å². The first-order chi connectivity index (χ1) is 7.22. The van der Waals surface area contributed by atoms with Crippen molar-refractivity contribution in [2.45, 2.75) is 25.4 Å². The van der Waals surface area contributed by atoms with Gasteiger partial charge in [0.2, 0.25) is 0 Å². The van der Waals surface area contributed by atoms with Crippen molar-refractivity contribution in [1.82, 2.24) is 0 Å². The fourth-order valence-corrected chi connectivity index (χ4v) is 1.88. The van der Waals surface area contributed by atoms with Crippen LogP contribution in [0.1, 0.15) is 30.9 Å². The third kappa shape index (κ3) is 1.97. The first-order valence-corrected chi connectivity index (χ1v) is 5.24. The Morgan fingerprint density at radius 1 is 1.47 bits per heavy atom. The Morgan fingerprint density at radius 2 is 2.20 bits per heavy atom. The number of hydrogen-bond acceptors (Lipinski definition) is 2. The Balaban J connectivity index is 2.19. The van der Waals surface area contributed by atoms with E-state index in [0.717, 1.165) is 19.3 Å². The average molecular weight is 210 g/mol. The van der Waals surface area contributed by atoms with Gasteiger partial charge < -0.3 is 9.84 Å². The molecule has 0 amide bonds. The van der Waals surface area contributed by atoms with E-state index in [9.17, 15) is 9.50 Å². The van der Waals surface area contributed by atoms with Crippen molar-refractivity contribution in [3.63, 3.8) is 0 Å². The van der Waals surface area contributed by atoms with Crippen LogP contribution in [0.25, 0.3) is 0 Å². The number of methoxy groups -OCH3 is 1. The lowest BCUT2D eigenvalue weighted by molar-refractivity contribution is 0.0591. The molecular formula is C12H15FO2. The van der Waals surface area contributed by atoms with Crippen molar-refractivity contribution in [3.05, 3.63) is 29.6 Å². The Bertz CT molecular complexity index is 347. The number of aliphatic hydroxyl groups excluding tert-OH is 1. The third-order valence-corrected chi connectivity index (χ3v) is 3.12. The van der Waals surface area contributed by atoms with Crippen LogP contribution < -0.4 is 4.74 Å². The van der Waals surface area contributed by atoms with E-state index in [1.165, 1.54) is 13.2 Å². The van der Waals surface area contributed by atoms with Crippen LogP contribution in [0, 0.1) is 11.7 Å². The molecule has 15 heavy (non-hydrogen) atoms. The summed E-state index contributed by atoms with van der Waals surface area (Å²) in [6.07, 6.45) is 2.46. The summed E-state index contributed by atoms with van der Waals surface area (Å²) in [6.45, 7) is 0. The van der Waals surface area contributed by atoms with Crippen molar-refractivity contribution >= 4 is 0 Å². The predicted octanol–water partition coefficient (Wildman–Crippen LogP) is 2.67. The molecule has 3 heteroatoms. The second-order valence-corrected chi connectivity index (χ2v) is 4.02. The lowest BCUT2D eigenvalue weighted by Crippen LogP contribution is -2.20. The summed E-state index contributed by atoms with van der Waals surface area (Å²) in [4.78, 5) is 0. The van der Waals surface area contributed by atoms with Crippen LogP contribution in [-0.4, -0.2) is 12.2 Å². The van der Waals surface area contributed by atoms with Crippen LogP contribution in [0.4, 0.5) is 4.39 Å². The smallest absolute Gasteiger partial charge is 0.132 e. The summed E-state index contributed by atoms with van der Waals surface area (Å²) in [6, 6.07) is 4.61. The van der Waals surface area contributed by atoms with Gasteiger partial charge >= 0.3 is 0 Å². The number of benzene rings is 1. The molecule has 1 unspecified atom stereocenters. The van der Waals surface area contributed by atoms with E-state index >= 15 is 0 Å². The fraction of sp³-hybridized carbons (Fsp3) is 0.500. The number of halogens is 1. The molecule has 0 radical (unpaired) electrons. The largest absolute Gasteiger partial charge is 0.497 e. The maximum absolute atomic E-state index is 13.6. The Morgan fingerprint density at radius 3 is 2.67 bits per heavy atom. The lowest BCUT2D eigenvalue weighted by Gasteiger charge is -2.30. The highest BCUT2D eigenvalue weighted by atomic mass is 19.1. The van der Waals surface area contributed by atoms with E-state index < -0.39 is 6.10 Å². The average Bonchev–Trinajstić information content (AvgIpc) is 2.14. The summed E-state index contributed by atoms with van der Waals surface area (Å²) < 4.78 is 18.5. The maximum Gasteiger partial charge on any atom is 0.132 e. The molecule has 2 rings (SSSR count). The van der Waals surface area contributed by atoms with Gasteiger partial charge in [-0.05, 0) is 30.9 Å². The molecule has 1 aliphatic carbocycles. The minimum absolute atomic E-state index is 0.230. The van der Waals surface area contributed by atoms with Gasteiger partial charge in [-0.2, -0.15) is 0 Å². The van der Waals surface area contributed by atoms with Crippen LogP contribution in [0.2, 0.25) is 0 Å². The van der Waals surface area contributed by atoms with Crippen molar-refractivity contribution in [2.75, 3.05) is 7.11 Å². The topological polar surface area (TPSA) is 29.5 Å². The summed E-state index contributed by atoms with van der Waals surface area (Å²) in [5.41, 5.74) is 0.389. The summed E-state index contributed by atoms with van der Waals surface area (Å²) >= 11 is 0. The van der Waals surface area contributed by atoms with Gasteiger partial charge in [-0.15, -0.1) is 0 Å². The molecule has 82 valence electrons. The molecule has 0 heterocycles. The van der Waals surface area contributed by atoms with Gasteiger partial charge in [0.15, 0.2) is 0 Å². The number of aliphatic hydroxyl groups is 1. The first kappa shape index (κ1) is 10.4. The van der Waals surface area contributed by atoms with Gasteiger partial charge in [0.1, 0.15) is 11.6 Å². The van der Waals surface area contributed by atoms with Crippen molar-refractivity contribution in [1.29, 1.82) is 0 Å². The molecule has 1 aromatic carbocycles. The molecule has 1 aliphatic rings. The van der Waals surface area contributed by atoms with Gasteiger partial charge in [-0.3, -0.25) is 0 Å². The van der Waals surface area contributed by atoms with Crippen LogP contribution in [0.3, 0.4) is 0 Å². The zero-order valence-corrected chi connectivity index (χ0v) is 8.74. The standard InChI is InChI=1S/C12H15FO2/c1-15-9-5-6-10(11(13)7-9)12(14)8-3-2-4-8/h5-8,12,14H,2-4H2,1H3. The van der Waals surface area contributed by atoms with Crippen LogP contribution in [-0.2, 0) is 0 Å². The Hall–Kier alpha value is -1.09. The quantitative estimate of drug-likeness (QED) is 0.831. The molecule has 0 bridgehead atoms. The molecule has 1 atom stereocenters. The van der Waals surface area contributed by atoms with Gasteiger partial charge in [0.05, 0.1) is 13.2 Å². The van der Waals surface area contributed by atoms with Crippen molar-refractivity contribution < 1.29 is 14.2 Å². The van der Waals surface area contributed by atoms with Gasteiger partial charge in [0.25, 0.3) is 0 Å². The summed E-state index contributed by atoms with van der Waals surface area (Å²) in [5, 5.41) is 9.90. The fourth-order valence-electron chi connectivity index (χ4n) is 1.88. The molecule has 0 spiro atoms. The highest BCUT2D eigenvalue weighted by Gasteiger charge is 2.28. The van der Waals surface area contributed by atoms with E-state index in [1.807, 2.05) is 0 Å². The molecule has 1 aromatic rings. The molecule has 0 aromatic heterocycles. The second-order valence-electron chi connectivity index (χ2n) is 4.02. The monoisotopic (exact) mass is 210 g/mol. The van der Waals surface area contributed by atoms with Crippen LogP contribution >= 0.6 is 0 Å². The van der Waals surface area contributed by atoms with Crippen molar-refractivity contribution in [2.24, 2.45) is 5.92 Å². The molecule has 0 saturated heterocycles. The minimum atomic E-state index is -0.662. The van der Waals surface area contributed by atoms with Gasteiger partial charge in [-0.25, -0.2) is 4.39 Å². The Labute approximate surface area is 88.7 Å². The van der Waals surface area contributed by atoms with Gasteiger partial charge in [0, 0.05) is 11.6 Å². The summed E-state index contributed by atoms with van der Waals surface area (Å²) in [5.74, 6) is 0.332. The van der Waals surface area contributed by atoms with E-state index in [1.54, 1.807) is 12.1 Å². The van der Waals surface area contributed by atoms with Crippen LogP contribution in [0.5, 0.6) is 5.75 Å². The number of rotatable bonds is 3. The third-order valence-electron chi connectivity index (χ3n) is 3.12. The van der Waals surface area contributed by atoms with E-state index in [2.05, 4.69) is 0 Å². The molecule has 1 N–H and O–H groups in total. The zero-order chi connectivity index (χ0) is 10.8. The molecule has 1 saturated carbocycles. The number of hydrogen-bond donors (Lipinski definition) is 1.